The van der Waals surface area contributed by atoms with Gasteiger partial charge in [-0.25, -0.2) is 4.79 Å². The van der Waals surface area contributed by atoms with Crippen LogP contribution < -0.4 is 15.8 Å². The molecular weight excluding hydrogens is 304 g/mol. The van der Waals surface area contributed by atoms with Crippen LogP contribution in [-0.2, 0) is 17.9 Å². The first-order valence-corrected chi connectivity index (χ1v) is 7.85. The average molecular weight is 328 g/mol. The fourth-order valence-electron chi connectivity index (χ4n) is 1.97. The molecule has 2 aromatic carbocycles. The maximum atomic E-state index is 11.6. The Hall–Kier alpha value is -2.69. The van der Waals surface area contributed by atoms with Gasteiger partial charge in [-0.2, -0.15) is 0 Å². The number of carbonyl (C=O) groups excluding carboxylic acids is 1. The van der Waals surface area contributed by atoms with Crippen LogP contribution in [0.1, 0.15) is 31.9 Å². The molecule has 0 bridgehead atoms. The Morgan fingerprint density at radius 2 is 1.58 bits per heavy atom. The molecule has 3 N–H and O–H groups in total. The summed E-state index contributed by atoms with van der Waals surface area (Å²) in [5.74, 6) is 0.778. The van der Waals surface area contributed by atoms with Crippen molar-refractivity contribution in [3.05, 3.63) is 59.7 Å². The minimum atomic E-state index is -0.493. The molecule has 0 unspecified atom stereocenters. The first-order chi connectivity index (χ1) is 11.3. The van der Waals surface area contributed by atoms with E-state index in [1.165, 1.54) is 0 Å². The molecule has 2 rings (SSSR count). The molecule has 0 spiro atoms. The summed E-state index contributed by atoms with van der Waals surface area (Å²) in [6, 6.07) is 15.2. The fraction of sp³-hybridized carbons (Fsp3) is 0.316. The van der Waals surface area contributed by atoms with Gasteiger partial charge in [0.25, 0.3) is 0 Å². The standard InChI is InChI=1S/C19H24N2O3/c1-19(2,3)24-18(22)21-12-14-4-6-15(7-5-14)13-23-17-10-8-16(20)9-11-17/h4-11H,12-13,20H2,1-3H3,(H,21,22). The summed E-state index contributed by atoms with van der Waals surface area (Å²) in [5.41, 5.74) is 7.91. The third kappa shape index (κ3) is 6.20. The highest BCUT2D eigenvalue weighted by atomic mass is 16.6. The predicted molar refractivity (Wildman–Crippen MR) is 94.7 cm³/mol. The molecule has 0 aliphatic carbocycles. The number of hydrogen-bond donors (Lipinski definition) is 2. The second-order valence-electron chi connectivity index (χ2n) is 6.53. The second kappa shape index (κ2) is 7.73. The topological polar surface area (TPSA) is 73.6 Å². The second-order valence-corrected chi connectivity index (χ2v) is 6.53. The minimum absolute atomic E-state index is 0.418. The van der Waals surface area contributed by atoms with Crippen LogP contribution in [0.15, 0.2) is 48.5 Å². The van der Waals surface area contributed by atoms with Crippen LogP contribution in [0.2, 0.25) is 0 Å². The molecular formula is C19H24N2O3. The number of nitrogen functional groups attached to an aromatic ring is 1. The highest BCUT2D eigenvalue weighted by Gasteiger charge is 2.15. The van der Waals surface area contributed by atoms with E-state index in [0.29, 0.717) is 18.8 Å². The summed E-state index contributed by atoms with van der Waals surface area (Å²) in [6.45, 7) is 6.41. The molecule has 0 aromatic heterocycles. The summed E-state index contributed by atoms with van der Waals surface area (Å²) in [5, 5.41) is 2.73. The lowest BCUT2D eigenvalue weighted by molar-refractivity contribution is 0.0523. The molecule has 128 valence electrons. The van der Waals surface area contributed by atoms with E-state index in [0.717, 1.165) is 16.9 Å². The predicted octanol–water partition coefficient (Wildman–Crippen LogP) is 3.87. The molecule has 0 aliphatic rings. The van der Waals surface area contributed by atoms with Crippen LogP contribution in [0.3, 0.4) is 0 Å². The number of alkyl carbamates (subject to hydrolysis) is 1. The quantitative estimate of drug-likeness (QED) is 0.817. The fourth-order valence-corrected chi connectivity index (χ4v) is 1.97. The number of nitrogens with one attached hydrogen (secondary N) is 1. The third-order valence-electron chi connectivity index (χ3n) is 3.14. The Balaban J connectivity index is 1.80. The summed E-state index contributed by atoms with van der Waals surface area (Å²) < 4.78 is 10.9. The van der Waals surface area contributed by atoms with E-state index >= 15 is 0 Å². The van der Waals surface area contributed by atoms with Crippen molar-refractivity contribution in [3.8, 4) is 5.75 Å². The van der Waals surface area contributed by atoms with E-state index in [4.69, 9.17) is 15.2 Å². The molecule has 0 saturated carbocycles. The van der Waals surface area contributed by atoms with Crippen molar-refractivity contribution in [3.63, 3.8) is 0 Å². The lowest BCUT2D eigenvalue weighted by Crippen LogP contribution is -2.32. The summed E-state index contributed by atoms with van der Waals surface area (Å²) in [7, 11) is 0. The van der Waals surface area contributed by atoms with Crippen LogP contribution in [0, 0.1) is 0 Å². The Morgan fingerprint density at radius 1 is 1.00 bits per heavy atom. The maximum Gasteiger partial charge on any atom is 0.407 e. The highest BCUT2D eigenvalue weighted by Crippen LogP contribution is 2.15. The number of anilines is 1. The molecule has 5 nitrogen and oxygen atoms in total. The van der Waals surface area contributed by atoms with Crippen molar-refractivity contribution in [1.29, 1.82) is 0 Å². The van der Waals surface area contributed by atoms with Crippen LogP contribution >= 0.6 is 0 Å². The van der Waals surface area contributed by atoms with Crippen molar-refractivity contribution in [2.45, 2.75) is 39.5 Å². The van der Waals surface area contributed by atoms with Gasteiger partial charge < -0.3 is 20.5 Å². The van der Waals surface area contributed by atoms with Gasteiger partial charge in [-0.15, -0.1) is 0 Å². The van der Waals surface area contributed by atoms with Crippen molar-refractivity contribution >= 4 is 11.8 Å². The SMILES string of the molecule is CC(C)(C)OC(=O)NCc1ccc(COc2ccc(N)cc2)cc1. The van der Waals surface area contributed by atoms with Gasteiger partial charge in [0.15, 0.2) is 0 Å². The van der Waals surface area contributed by atoms with Gasteiger partial charge in [0.05, 0.1) is 0 Å². The zero-order chi connectivity index (χ0) is 17.6. The number of rotatable bonds is 5. The van der Waals surface area contributed by atoms with Gasteiger partial charge in [-0.3, -0.25) is 0 Å². The molecule has 0 radical (unpaired) electrons. The highest BCUT2D eigenvalue weighted by molar-refractivity contribution is 5.67. The van der Waals surface area contributed by atoms with Gasteiger partial charge in [0.2, 0.25) is 0 Å². The van der Waals surface area contributed by atoms with E-state index in [-0.39, 0.29) is 0 Å². The first kappa shape index (κ1) is 17.7. The molecule has 5 heteroatoms. The molecule has 0 fully saturated rings. The molecule has 0 atom stereocenters. The lowest BCUT2D eigenvalue weighted by atomic mass is 10.1. The number of nitrogens with two attached hydrogens (primary N) is 1. The van der Waals surface area contributed by atoms with E-state index < -0.39 is 11.7 Å². The molecule has 0 saturated heterocycles. The zero-order valence-electron chi connectivity index (χ0n) is 14.3. The van der Waals surface area contributed by atoms with Gasteiger partial charge >= 0.3 is 6.09 Å². The number of amides is 1. The number of carbonyl (C=O) groups is 1. The van der Waals surface area contributed by atoms with Crippen LogP contribution in [-0.4, -0.2) is 11.7 Å². The molecule has 0 heterocycles. The third-order valence-corrected chi connectivity index (χ3v) is 3.14. The molecule has 24 heavy (non-hydrogen) atoms. The van der Waals surface area contributed by atoms with E-state index in [9.17, 15) is 4.79 Å². The van der Waals surface area contributed by atoms with E-state index in [1.54, 1.807) is 12.1 Å². The van der Waals surface area contributed by atoms with Crippen molar-refractivity contribution < 1.29 is 14.3 Å². The normalized spacial score (nSPS) is 11.0. The van der Waals surface area contributed by atoms with Crippen molar-refractivity contribution in [2.24, 2.45) is 0 Å². The molecule has 2 aromatic rings. The summed E-state index contributed by atoms with van der Waals surface area (Å²) in [4.78, 5) is 11.6. The number of hydrogen-bond acceptors (Lipinski definition) is 4. The van der Waals surface area contributed by atoms with Gasteiger partial charge in [-0.05, 0) is 56.2 Å². The van der Waals surface area contributed by atoms with Crippen LogP contribution in [0.4, 0.5) is 10.5 Å². The van der Waals surface area contributed by atoms with Crippen LogP contribution in [0.5, 0.6) is 5.75 Å². The first-order valence-electron chi connectivity index (χ1n) is 7.85. The van der Waals surface area contributed by atoms with Gasteiger partial charge in [0.1, 0.15) is 18.0 Å². The summed E-state index contributed by atoms with van der Waals surface area (Å²) >= 11 is 0. The lowest BCUT2D eigenvalue weighted by Gasteiger charge is -2.19. The summed E-state index contributed by atoms with van der Waals surface area (Å²) in [6.07, 6.45) is -0.418. The van der Waals surface area contributed by atoms with Gasteiger partial charge in [-0.1, -0.05) is 24.3 Å². The Kier molecular flexibility index (Phi) is 5.68. The Morgan fingerprint density at radius 3 is 2.17 bits per heavy atom. The zero-order valence-corrected chi connectivity index (χ0v) is 14.3. The average Bonchev–Trinajstić information content (AvgIpc) is 2.52. The number of ether oxygens (including phenoxy) is 2. The van der Waals surface area contributed by atoms with E-state index in [2.05, 4.69) is 5.32 Å². The maximum absolute atomic E-state index is 11.6. The van der Waals surface area contributed by atoms with Crippen molar-refractivity contribution in [2.75, 3.05) is 5.73 Å². The smallest absolute Gasteiger partial charge is 0.407 e. The van der Waals surface area contributed by atoms with E-state index in [1.807, 2.05) is 57.2 Å². The molecule has 0 aliphatic heterocycles. The number of benzene rings is 2. The monoisotopic (exact) mass is 328 g/mol. The Labute approximate surface area is 142 Å². The van der Waals surface area contributed by atoms with Gasteiger partial charge in [0, 0.05) is 12.2 Å². The molecule has 1 amide bonds. The Bertz CT molecular complexity index is 659. The van der Waals surface area contributed by atoms with Crippen molar-refractivity contribution in [1.82, 2.24) is 5.32 Å². The minimum Gasteiger partial charge on any atom is -0.489 e. The largest absolute Gasteiger partial charge is 0.489 e. The van der Waals surface area contributed by atoms with Crippen LogP contribution in [0.25, 0.3) is 0 Å².